The van der Waals surface area contributed by atoms with Crippen molar-refractivity contribution in [2.75, 3.05) is 6.54 Å². The average Bonchev–Trinajstić information content (AvgIpc) is 2.78. The van der Waals surface area contributed by atoms with Crippen LogP contribution < -0.4 is 5.73 Å². The van der Waals surface area contributed by atoms with Crippen molar-refractivity contribution in [2.24, 2.45) is 17.1 Å². The molecule has 12 heavy (non-hydrogen) atoms. The van der Waals surface area contributed by atoms with Crippen LogP contribution in [-0.4, -0.2) is 17.3 Å². The molecule has 2 rings (SSSR count). The highest BCUT2D eigenvalue weighted by atomic mass is 16.3. The van der Waals surface area contributed by atoms with Crippen molar-refractivity contribution in [2.45, 2.75) is 44.6 Å². The van der Waals surface area contributed by atoms with Gasteiger partial charge in [0.25, 0.3) is 0 Å². The molecule has 2 unspecified atom stereocenters. The van der Waals surface area contributed by atoms with Gasteiger partial charge in [-0.1, -0.05) is 13.3 Å². The van der Waals surface area contributed by atoms with Gasteiger partial charge in [-0.2, -0.15) is 0 Å². The fourth-order valence-corrected chi connectivity index (χ4v) is 2.92. The third kappa shape index (κ3) is 0.882. The fraction of sp³-hybridized carbons (Fsp3) is 1.00. The van der Waals surface area contributed by atoms with Crippen LogP contribution >= 0.6 is 0 Å². The van der Waals surface area contributed by atoms with Gasteiger partial charge in [0, 0.05) is 12.0 Å². The SMILES string of the molecule is CC1CCCC1(O)C1(CN)CC1. The van der Waals surface area contributed by atoms with E-state index >= 15 is 0 Å². The van der Waals surface area contributed by atoms with Gasteiger partial charge in [0.2, 0.25) is 0 Å². The minimum absolute atomic E-state index is 0.114. The van der Waals surface area contributed by atoms with Crippen molar-refractivity contribution in [3.05, 3.63) is 0 Å². The van der Waals surface area contributed by atoms with Crippen molar-refractivity contribution in [1.29, 1.82) is 0 Å². The molecule has 0 heterocycles. The Balaban J connectivity index is 2.19. The molecule has 3 N–H and O–H groups in total. The summed E-state index contributed by atoms with van der Waals surface area (Å²) in [6, 6.07) is 0. The maximum absolute atomic E-state index is 10.5. The van der Waals surface area contributed by atoms with Gasteiger partial charge in [0.05, 0.1) is 5.60 Å². The highest BCUT2D eigenvalue weighted by molar-refractivity contribution is 5.12. The summed E-state index contributed by atoms with van der Waals surface area (Å²) < 4.78 is 0. The molecule has 0 amide bonds. The van der Waals surface area contributed by atoms with Crippen LogP contribution in [0.4, 0.5) is 0 Å². The molecule has 2 atom stereocenters. The second-order valence-electron chi connectivity index (χ2n) is 4.70. The molecule has 2 saturated carbocycles. The number of hydrogen-bond acceptors (Lipinski definition) is 2. The van der Waals surface area contributed by atoms with Crippen LogP contribution in [0.15, 0.2) is 0 Å². The Labute approximate surface area is 74.1 Å². The Morgan fingerprint density at radius 1 is 1.42 bits per heavy atom. The Kier molecular flexibility index (Phi) is 1.74. The number of hydrogen-bond donors (Lipinski definition) is 2. The summed E-state index contributed by atoms with van der Waals surface area (Å²) in [7, 11) is 0. The standard InChI is InChI=1S/C10H19NO/c1-8-3-2-4-10(8,12)9(7-11)5-6-9/h8,12H,2-7,11H2,1H3. The molecule has 2 heteroatoms. The molecule has 2 fully saturated rings. The van der Waals surface area contributed by atoms with E-state index in [4.69, 9.17) is 5.73 Å². The van der Waals surface area contributed by atoms with Gasteiger partial charge < -0.3 is 10.8 Å². The van der Waals surface area contributed by atoms with Crippen LogP contribution in [0.2, 0.25) is 0 Å². The number of aliphatic hydroxyl groups is 1. The highest BCUT2D eigenvalue weighted by Gasteiger charge is 2.60. The lowest BCUT2D eigenvalue weighted by Gasteiger charge is -2.36. The largest absolute Gasteiger partial charge is 0.389 e. The summed E-state index contributed by atoms with van der Waals surface area (Å²) in [5.74, 6) is 0.462. The maximum atomic E-state index is 10.5. The quantitative estimate of drug-likeness (QED) is 0.654. The lowest BCUT2D eigenvalue weighted by Crippen LogP contribution is -2.45. The monoisotopic (exact) mass is 169 g/mol. The first-order valence-electron chi connectivity index (χ1n) is 5.07. The van der Waals surface area contributed by atoms with Crippen molar-refractivity contribution in [1.82, 2.24) is 0 Å². The van der Waals surface area contributed by atoms with Gasteiger partial charge in [-0.15, -0.1) is 0 Å². The van der Waals surface area contributed by atoms with Gasteiger partial charge in [0.15, 0.2) is 0 Å². The lowest BCUT2D eigenvalue weighted by atomic mass is 9.77. The normalized spacial score (nSPS) is 44.8. The van der Waals surface area contributed by atoms with Gasteiger partial charge in [-0.3, -0.25) is 0 Å². The molecule has 2 aliphatic rings. The van der Waals surface area contributed by atoms with E-state index < -0.39 is 5.60 Å². The summed E-state index contributed by atoms with van der Waals surface area (Å²) >= 11 is 0. The summed E-state index contributed by atoms with van der Waals surface area (Å²) in [4.78, 5) is 0. The first-order valence-corrected chi connectivity index (χ1v) is 5.07. The predicted molar refractivity (Wildman–Crippen MR) is 48.7 cm³/mol. The molecule has 0 bridgehead atoms. The van der Waals surface area contributed by atoms with E-state index in [2.05, 4.69) is 6.92 Å². The van der Waals surface area contributed by atoms with Crippen LogP contribution in [0.25, 0.3) is 0 Å². The Morgan fingerprint density at radius 2 is 2.08 bits per heavy atom. The van der Waals surface area contributed by atoms with Crippen LogP contribution in [-0.2, 0) is 0 Å². The smallest absolute Gasteiger partial charge is 0.0741 e. The minimum Gasteiger partial charge on any atom is -0.389 e. The fourth-order valence-electron chi connectivity index (χ4n) is 2.92. The molecule has 0 aromatic carbocycles. The Morgan fingerprint density at radius 3 is 2.42 bits per heavy atom. The number of rotatable bonds is 2. The summed E-state index contributed by atoms with van der Waals surface area (Å²) in [6.07, 6.45) is 5.62. The average molecular weight is 169 g/mol. The van der Waals surface area contributed by atoms with Crippen LogP contribution in [0.5, 0.6) is 0 Å². The molecular formula is C10H19NO. The molecule has 0 radical (unpaired) electrons. The van der Waals surface area contributed by atoms with E-state index in [0.29, 0.717) is 12.5 Å². The zero-order valence-corrected chi connectivity index (χ0v) is 7.84. The first kappa shape index (κ1) is 8.52. The maximum Gasteiger partial charge on any atom is 0.0741 e. The summed E-state index contributed by atoms with van der Waals surface area (Å²) in [6.45, 7) is 2.84. The molecule has 0 aromatic rings. The zero-order valence-electron chi connectivity index (χ0n) is 7.84. The van der Waals surface area contributed by atoms with E-state index in [1.165, 1.54) is 12.8 Å². The van der Waals surface area contributed by atoms with E-state index in [1.807, 2.05) is 0 Å². The second-order valence-corrected chi connectivity index (χ2v) is 4.70. The highest BCUT2D eigenvalue weighted by Crippen LogP contribution is 2.60. The third-order valence-corrected chi connectivity index (χ3v) is 4.17. The van der Waals surface area contributed by atoms with Crippen molar-refractivity contribution in [3.8, 4) is 0 Å². The molecule has 0 aromatic heterocycles. The van der Waals surface area contributed by atoms with Crippen molar-refractivity contribution < 1.29 is 5.11 Å². The third-order valence-electron chi connectivity index (χ3n) is 4.17. The Bertz CT molecular complexity index is 188. The molecule has 0 aliphatic heterocycles. The van der Waals surface area contributed by atoms with E-state index in [0.717, 1.165) is 19.3 Å². The van der Waals surface area contributed by atoms with Crippen molar-refractivity contribution in [3.63, 3.8) is 0 Å². The number of nitrogens with two attached hydrogens (primary N) is 1. The predicted octanol–water partition coefficient (Wildman–Crippen LogP) is 1.28. The van der Waals surface area contributed by atoms with Gasteiger partial charge in [-0.25, -0.2) is 0 Å². The topological polar surface area (TPSA) is 46.2 Å². The molecule has 2 nitrogen and oxygen atoms in total. The molecule has 0 spiro atoms. The van der Waals surface area contributed by atoms with Gasteiger partial charge in [-0.05, 0) is 31.6 Å². The van der Waals surface area contributed by atoms with Crippen molar-refractivity contribution >= 4 is 0 Å². The van der Waals surface area contributed by atoms with Crippen LogP contribution in [0, 0.1) is 11.3 Å². The molecule has 70 valence electrons. The minimum atomic E-state index is -0.415. The van der Waals surface area contributed by atoms with E-state index in [9.17, 15) is 5.11 Å². The second kappa shape index (κ2) is 2.46. The van der Waals surface area contributed by atoms with Crippen LogP contribution in [0.1, 0.15) is 39.0 Å². The van der Waals surface area contributed by atoms with E-state index in [-0.39, 0.29) is 5.41 Å². The zero-order chi connectivity index (χ0) is 8.82. The van der Waals surface area contributed by atoms with Gasteiger partial charge in [0.1, 0.15) is 0 Å². The molecular weight excluding hydrogens is 150 g/mol. The summed E-state index contributed by atoms with van der Waals surface area (Å²) in [5, 5.41) is 10.5. The first-order chi connectivity index (χ1) is 5.65. The molecule has 2 aliphatic carbocycles. The van der Waals surface area contributed by atoms with Gasteiger partial charge >= 0.3 is 0 Å². The van der Waals surface area contributed by atoms with E-state index in [1.54, 1.807) is 0 Å². The lowest BCUT2D eigenvalue weighted by molar-refractivity contribution is -0.0564. The molecule has 0 saturated heterocycles. The van der Waals surface area contributed by atoms with Crippen LogP contribution in [0.3, 0.4) is 0 Å². The summed E-state index contributed by atoms with van der Waals surface area (Å²) in [5.41, 5.74) is 5.44. The Hall–Kier alpha value is -0.0800.